The molecular formula is C9H12N4O3S. The van der Waals surface area contributed by atoms with Gasteiger partial charge in [-0.25, -0.2) is 9.93 Å². The summed E-state index contributed by atoms with van der Waals surface area (Å²) in [5.41, 5.74) is 1.07. The zero-order valence-electron chi connectivity index (χ0n) is 8.88. The van der Waals surface area contributed by atoms with Crippen LogP contribution in [0, 0.1) is 0 Å². The second-order valence-electron chi connectivity index (χ2n) is 3.58. The number of rotatable bonds is 3. The highest BCUT2D eigenvalue weighted by molar-refractivity contribution is 7.90. The van der Waals surface area contributed by atoms with Crippen LogP contribution >= 0.6 is 0 Å². The van der Waals surface area contributed by atoms with Crippen molar-refractivity contribution in [3.8, 4) is 0 Å². The van der Waals surface area contributed by atoms with Gasteiger partial charge in [-0.15, -0.1) is 0 Å². The molecule has 0 bridgehead atoms. The molecule has 2 amide bonds. The van der Waals surface area contributed by atoms with Gasteiger partial charge in [0.2, 0.25) is 0 Å². The van der Waals surface area contributed by atoms with Gasteiger partial charge >= 0.3 is 6.03 Å². The summed E-state index contributed by atoms with van der Waals surface area (Å²) in [5, 5.41) is 7.51. The summed E-state index contributed by atoms with van der Waals surface area (Å²) >= 11 is 0. The van der Waals surface area contributed by atoms with Crippen molar-refractivity contribution in [2.45, 2.75) is 0 Å². The van der Waals surface area contributed by atoms with E-state index in [-0.39, 0.29) is 6.03 Å². The molecule has 1 aromatic carbocycles. The van der Waals surface area contributed by atoms with Crippen LogP contribution in [0.2, 0.25) is 0 Å². The van der Waals surface area contributed by atoms with Gasteiger partial charge in [-0.3, -0.25) is 9.62 Å². The molecular weight excluding hydrogens is 244 g/mol. The van der Waals surface area contributed by atoms with Crippen molar-refractivity contribution in [1.82, 2.24) is 5.32 Å². The van der Waals surface area contributed by atoms with Crippen molar-refractivity contribution >= 4 is 27.6 Å². The van der Waals surface area contributed by atoms with Gasteiger partial charge < -0.3 is 5.32 Å². The number of anilines is 2. The minimum atomic E-state index is -3.76. The molecule has 1 aliphatic rings. The number of nitrogens with one attached hydrogen (secondary N) is 2. The standard InChI is InChI=1S/C9H12N4O3S/c10-17(15,16)12-7-1-3-8(4-2-7)13-6-5-11-9(13)14/h1-4,12H,5-6H2,(H,11,14)(H2,10,15,16). The summed E-state index contributed by atoms with van der Waals surface area (Å²) < 4.78 is 23.7. The highest BCUT2D eigenvalue weighted by atomic mass is 32.2. The first-order valence-electron chi connectivity index (χ1n) is 4.92. The van der Waals surface area contributed by atoms with Gasteiger partial charge in [-0.2, -0.15) is 8.42 Å². The maximum absolute atomic E-state index is 11.4. The second kappa shape index (κ2) is 4.22. The van der Waals surface area contributed by atoms with Crippen molar-refractivity contribution in [1.29, 1.82) is 0 Å². The fraction of sp³-hybridized carbons (Fsp3) is 0.222. The number of hydrogen-bond acceptors (Lipinski definition) is 3. The van der Waals surface area contributed by atoms with Crippen molar-refractivity contribution in [2.75, 3.05) is 22.7 Å². The molecule has 4 N–H and O–H groups in total. The first-order chi connectivity index (χ1) is 7.96. The number of amides is 2. The lowest BCUT2D eigenvalue weighted by Crippen LogP contribution is -2.27. The second-order valence-corrected chi connectivity index (χ2v) is 4.87. The molecule has 0 saturated carbocycles. The smallest absolute Gasteiger partial charge is 0.321 e. The molecule has 17 heavy (non-hydrogen) atoms. The van der Waals surface area contributed by atoms with Crippen molar-refractivity contribution < 1.29 is 13.2 Å². The molecule has 92 valence electrons. The van der Waals surface area contributed by atoms with E-state index in [4.69, 9.17) is 5.14 Å². The Hall–Kier alpha value is -1.80. The highest BCUT2D eigenvalue weighted by Gasteiger charge is 2.20. The summed E-state index contributed by atoms with van der Waals surface area (Å²) in [7, 11) is -3.76. The topological polar surface area (TPSA) is 105 Å². The number of nitrogens with two attached hydrogens (primary N) is 1. The lowest BCUT2D eigenvalue weighted by Gasteiger charge is -2.14. The molecule has 1 fully saturated rings. The van der Waals surface area contributed by atoms with Gasteiger partial charge in [0.15, 0.2) is 0 Å². The predicted molar refractivity (Wildman–Crippen MR) is 63.9 cm³/mol. The molecule has 7 nitrogen and oxygen atoms in total. The normalized spacial score (nSPS) is 15.8. The Morgan fingerprint density at radius 3 is 2.41 bits per heavy atom. The van der Waals surface area contributed by atoms with Crippen LogP contribution in [0.25, 0.3) is 0 Å². The SMILES string of the molecule is NS(=O)(=O)Nc1ccc(N2CCNC2=O)cc1. The van der Waals surface area contributed by atoms with Crippen molar-refractivity contribution in [2.24, 2.45) is 5.14 Å². The van der Waals surface area contributed by atoms with E-state index in [1.807, 2.05) is 0 Å². The van der Waals surface area contributed by atoms with Crippen molar-refractivity contribution in [3.63, 3.8) is 0 Å². The van der Waals surface area contributed by atoms with Crippen molar-refractivity contribution in [3.05, 3.63) is 24.3 Å². The molecule has 0 aliphatic carbocycles. The fourth-order valence-electron chi connectivity index (χ4n) is 1.59. The van der Waals surface area contributed by atoms with E-state index in [1.54, 1.807) is 29.2 Å². The molecule has 0 spiro atoms. The predicted octanol–water partition coefficient (Wildman–Crippen LogP) is -0.168. The zero-order chi connectivity index (χ0) is 12.5. The summed E-state index contributed by atoms with van der Waals surface area (Å²) in [6.45, 7) is 1.21. The average molecular weight is 256 g/mol. The molecule has 1 heterocycles. The molecule has 1 saturated heterocycles. The Kier molecular flexibility index (Phi) is 2.90. The molecule has 8 heteroatoms. The van der Waals surface area contributed by atoms with E-state index in [1.165, 1.54) is 0 Å². The Bertz CT molecular complexity index is 526. The highest BCUT2D eigenvalue weighted by Crippen LogP contribution is 2.19. The molecule has 2 rings (SSSR count). The average Bonchev–Trinajstić information content (AvgIpc) is 2.63. The Morgan fingerprint density at radius 2 is 1.94 bits per heavy atom. The maximum Gasteiger partial charge on any atom is 0.321 e. The van der Waals surface area contributed by atoms with E-state index in [9.17, 15) is 13.2 Å². The summed E-state index contributed by atoms with van der Waals surface area (Å²) in [6, 6.07) is 6.24. The number of benzene rings is 1. The summed E-state index contributed by atoms with van der Waals surface area (Å²) in [5.74, 6) is 0. The molecule has 0 unspecified atom stereocenters. The van der Waals surface area contributed by atoms with Gasteiger partial charge in [0.25, 0.3) is 10.2 Å². The first kappa shape index (κ1) is 11.7. The quantitative estimate of drug-likeness (QED) is 0.699. The fourth-order valence-corrected chi connectivity index (χ4v) is 2.06. The van der Waals surface area contributed by atoms with Crippen LogP contribution in [0.3, 0.4) is 0 Å². The van der Waals surface area contributed by atoms with Crippen LogP contribution in [0.5, 0.6) is 0 Å². The molecule has 0 aromatic heterocycles. The van der Waals surface area contributed by atoms with Gasteiger partial charge in [0.05, 0.1) is 0 Å². The minimum Gasteiger partial charge on any atom is -0.336 e. The van der Waals surface area contributed by atoms with Crippen LogP contribution in [0.1, 0.15) is 0 Å². The largest absolute Gasteiger partial charge is 0.336 e. The molecule has 1 aromatic rings. The summed E-state index contributed by atoms with van der Waals surface area (Å²) in [4.78, 5) is 12.9. The third-order valence-electron chi connectivity index (χ3n) is 2.30. The van der Waals surface area contributed by atoms with Crippen LogP contribution in [-0.2, 0) is 10.2 Å². The molecule has 0 atom stereocenters. The Morgan fingerprint density at radius 1 is 1.29 bits per heavy atom. The van der Waals surface area contributed by atoms with Gasteiger partial charge in [-0.1, -0.05) is 0 Å². The van der Waals surface area contributed by atoms with Gasteiger partial charge in [-0.05, 0) is 24.3 Å². The van der Waals surface area contributed by atoms with Crippen LogP contribution in [0.4, 0.5) is 16.2 Å². The Labute approximate surface area is 98.8 Å². The first-order valence-corrected chi connectivity index (χ1v) is 6.46. The van der Waals surface area contributed by atoms with Crippen LogP contribution < -0.4 is 20.1 Å². The number of carbonyl (C=O) groups is 1. The number of nitrogens with zero attached hydrogens (tertiary/aromatic N) is 1. The number of carbonyl (C=O) groups excluding carboxylic acids is 1. The molecule has 1 aliphatic heterocycles. The number of urea groups is 1. The third kappa shape index (κ3) is 2.86. The third-order valence-corrected chi connectivity index (χ3v) is 2.82. The van der Waals surface area contributed by atoms with Gasteiger partial charge in [0.1, 0.15) is 0 Å². The maximum atomic E-state index is 11.4. The van der Waals surface area contributed by atoms with Crippen LogP contribution in [-0.4, -0.2) is 27.5 Å². The Balaban J connectivity index is 2.15. The lowest BCUT2D eigenvalue weighted by atomic mass is 10.2. The van der Waals surface area contributed by atoms with E-state index < -0.39 is 10.2 Å². The van der Waals surface area contributed by atoms with E-state index in [0.717, 1.165) is 0 Å². The monoisotopic (exact) mass is 256 g/mol. The van der Waals surface area contributed by atoms with E-state index >= 15 is 0 Å². The minimum absolute atomic E-state index is 0.155. The zero-order valence-corrected chi connectivity index (χ0v) is 9.70. The van der Waals surface area contributed by atoms with E-state index in [0.29, 0.717) is 24.5 Å². The van der Waals surface area contributed by atoms with E-state index in [2.05, 4.69) is 10.0 Å². The lowest BCUT2D eigenvalue weighted by molar-refractivity contribution is 0.252. The van der Waals surface area contributed by atoms with Gasteiger partial charge in [0, 0.05) is 24.5 Å². The van der Waals surface area contributed by atoms with Crippen LogP contribution in [0.15, 0.2) is 24.3 Å². The number of hydrogen-bond donors (Lipinski definition) is 3. The molecule has 0 radical (unpaired) electrons. The summed E-state index contributed by atoms with van der Waals surface area (Å²) in [6.07, 6.45) is 0.